The van der Waals surface area contributed by atoms with Crippen molar-refractivity contribution in [3.8, 4) is 0 Å². The van der Waals surface area contributed by atoms with Crippen LogP contribution in [-0.2, 0) is 14.8 Å². The van der Waals surface area contributed by atoms with E-state index < -0.39 is 21.2 Å². The maximum Gasteiger partial charge on any atom is 0.229 e. The van der Waals surface area contributed by atoms with Crippen molar-refractivity contribution in [3.63, 3.8) is 0 Å². The molecule has 1 amide bonds. The highest BCUT2D eigenvalue weighted by molar-refractivity contribution is 7.89. The summed E-state index contributed by atoms with van der Waals surface area (Å²) in [5, 5.41) is 4.05. The average molecular weight is 311 g/mol. The Bertz CT molecular complexity index is 606. The van der Waals surface area contributed by atoms with Gasteiger partial charge in [-0.2, -0.15) is 0 Å². The van der Waals surface area contributed by atoms with Crippen LogP contribution in [0.15, 0.2) is 6.33 Å². The summed E-state index contributed by atoms with van der Waals surface area (Å²) in [6.07, 6.45) is 0.942. The molecular formula is C8H8Cl2N4O3S. The minimum absolute atomic E-state index is 0.00239. The van der Waals surface area contributed by atoms with Gasteiger partial charge in [-0.1, -0.05) is 23.2 Å². The van der Waals surface area contributed by atoms with Crippen molar-refractivity contribution in [1.29, 1.82) is 0 Å². The molecule has 1 fully saturated rings. The molecule has 7 nitrogen and oxygen atoms in total. The van der Waals surface area contributed by atoms with Crippen LogP contribution in [0.1, 0.15) is 6.42 Å². The molecule has 0 radical (unpaired) electrons. The number of halogens is 2. The van der Waals surface area contributed by atoms with E-state index in [1.165, 1.54) is 0 Å². The van der Waals surface area contributed by atoms with Crippen molar-refractivity contribution >= 4 is 45.0 Å². The minimum atomic E-state index is -3.78. The van der Waals surface area contributed by atoms with E-state index in [1.807, 2.05) is 0 Å². The zero-order valence-electron chi connectivity index (χ0n) is 8.88. The van der Waals surface area contributed by atoms with Crippen molar-refractivity contribution < 1.29 is 13.2 Å². The highest BCUT2D eigenvalue weighted by Gasteiger charge is 2.38. The molecule has 18 heavy (non-hydrogen) atoms. The van der Waals surface area contributed by atoms with Gasteiger partial charge in [-0.25, -0.2) is 23.5 Å². The highest BCUT2D eigenvalue weighted by Crippen LogP contribution is 2.32. The quantitative estimate of drug-likeness (QED) is 0.784. The smallest absolute Gasteiger partial charge is 0.229 e. The second kappa shape index (κ2) is 4.61. The summed E-state index contributed by atoms with van der Waals surface area (Å²) in [5.41, 5.74) is 0. The second-order valence-electron chi connectivity index (χ2n) is 3.72. The first-order valence-corrected chi connectivity index (χ1v) is 7.15. The Kier molecular flexibility index (Phi) is 3.45. The van der Waals surface area contributed by atoms with Crippen LogP contribution in [0.3, 0.4) is 0 Å². The third-order valence-corrected chi connectivity index (χ3v) is 4.51. The molecule has 1 atom stereocenters. The number of hydrogen-bond donors (Lipinski definition) is 1. The van der Waals surface area contributed by atoms with Gasteiger partial charge in [-0.15, -0.1) is 0 Å². The number of primary sulfonamides is 1. The van der Waals surface area contributed by atoms with Gasteiger partial charge in [0.15, 0.2) is 11.0 Å². The SMILES string of the molecule is NS(=O)(=O)C1CC(=O)N(c2ncnc(Cl)c2Cl)C1. The van der Waals surface area contributed by atoms with Gasteiger partial charge in [0.2, 0.25) is 15.9 Å². The maximum absolute atomic E-state index is 11.7. The molecule has 2 heterocycles. The van der Waals surface area contributed by atoms with Gasteiger partial charge in [0, 0.05) is 13.0 Å². The lowest BCUT2D eigenvalue weighted by Crippen LogP contribution is -2.32. The van der Waals surface area contributed by atoms with Gasteiger partial charge in [-0.3, -0.25) is 9.69 Å². The lowest BCUT2D eigenvalue weighted by molar-refractivity contribution is -0.117. The Morgan fingerprint density at radius 3 is 2.61 bits per heavy atom. The summed E-state index contributed by atoms with van der Waals surface area (Å²) in [4.78, 5) is 20.4. The number of nitrogens with two attached hydrogens (primary N) is 1. The zero-order valence-corrected chi connectivity index (χ0v) is 11.2. The Labute approximate surface area is 113 Å². The lowest BCUT2D eigenvalue weighted by atomic mass is 10.4. The number of sulfonamides is 1. The fourth-order valence-electron chi connectivity index (χ4n) is 1.63. The molecule has 98 valence electrons. The van der Waals surface area contributed by atoms with Crippen LogP contribution in [-0.4, -0.2) is 36.1 Å². The summed E-state index contributed by atoms with van der Waals surface area (Å²) >= 11 is 11.6. The first-order chi connectivity index (χ1) is 8.30. The summed E-state index contributed by atoms with van der Waals surface area (Å²) in [6, 6.07) is 0. The first-order valence-electron chi connectivity index (χ1n) is 4.78. The number of amides is 1. The molecule has 1 aromatic heterocycles. The van der Waals surface area contributed by atoms with Crippen LogP contribution in [0.2, 0.25) is 10.2 Å². The first kappa shape index (κ1) is 13.5. The van der Waals surface area contributed by atoms with Crippen LogP contribution in [0.5, 0.6) is 0 Å². The average Bonchev–Trinajstić information content (AvgIpc) is 2.64. The molecule has 0 aliphatic carbocycles. The van der Waals surface area contributed by atoms with Crippen molar-refractivity contribution in [3.05, 3.63) is 16.5 Å². The monoisotopic (exact) mass is 310 g/mol. The number of hydrogen-bond acceptors (Lipinski definition) is 5. The van der Waals surface area contributed by atoms with Gasteiger partial charge in [0.1, 0.15) is 16.6 Å². The fraction of sp³-hybridized carbons (Fsp3) is 0.375. The predicted molar refractivity (Wildman–Crippen MR) is 65.9 cm³/mol. The van der Waals surface area contributed by atoms with E-state index in [0.717, 1.165) is 11.2 Å². The predicted octanol–water partition coefficient (Wildman–Crippen LogP) is 0.177. The van der Waals surface area contributed by atoms with E-state index in [4.69, 9.17) is 28.3 Å². The molecule has 0 aromatic carbocycles. The standard InChI is InChI=1S/C8H8Cl2N4O3S/c9-6-7(10)12-3-13-8(6)14-2-4(1-5(14)15)18(11,16)17/h3-4H,1-2H2,(H2,11,16,17). The van der Waals surface area contributed by atoms with Crippen LogP contribution in [0, 0.1) is 0 Å². The highest BCUT2D eigenvalue weighted by atomic mass is 35.5. The summed E-state index contributed by atoms with van der Waals surface area (Å²) in [6.45, 7) is -0.0925. The molecule has 0 bridgehead atoms. The number of aromatic nitrogens is 2. The molecule has 1 aromatic rings. The molecular weight excluding hydrogens is 303 g/mol. The molecule has 1 unspecified atom stereocenters. The molecule has 1 aliphatic rings. The van der Waals surface area contributed by atoms with E-state index >= 15 is 0 Å². The molecule has 1 aliphatic heterocycles. The normalized spacial score (nSPS) is 20.5. The van der Waals surface area contributed by atoms with Crippen molar-refractivity contribution in [1.82, 2.24) is 9.97 Å². The minimum Gasteiger partial charge on any atom is -0.294 e. The maximum atomic E-state index is 11.7. The topological polar surface area (TPSA) is 106 Å². The molecule has 0 spiro atoms. The largest absolute Gasteiger partial charge is 0.294 e. The van der Waals surface area contributed by atoms with Crippen LogP contribution < -0.4 is 10.0 Å². The van der Waals surface area contributed by atoms with E-state index in [0.29, 0.717) is 0 Å². The fourth-order valence-corrected chi connectivity index (χ4v) is 2.69. The van der Waals surface area contributed by atoms with Gasteiger partial charge in [0.25, 0.3) is 0 Å². The summed E-state index contributed by atoms with van der Waals surface area (Å²) in [5.74, 6) is -0.335. The molecule has 2 N–H and O–H groups in total. The van der Waals surface area contributed by atoms with Gasteiger partial charge >= 0.3 is 0 Å². The van der Waals surface area contributed by atoms with E-state index in [2.05, 4.69) is 9.97 Å². The van der Waals surface area contributed by atoms with Gasteiger partial charge in [0.05, 0.1) is 0 Å². The molecule has 10 heteroatoms. The van der Waals surface area contributed by atoms with Crippen LogP contribution >= 0.6 is 23.2 Å². The van der Waals surface area contributed by atoms with Crippen molar-refractivity contribution in [2.45, 2.75) is 11.7 Å². The number of carbonyl (C=O) groups is 1. The number of nitrogens with zero attached hydrogens (tertiary/aromatic N) is 3. The van der Waals surface area contributed by atoms with Crippen molar-refractivity contribution in [2.24, 2.45) is 5.14 Å². The van der Waals surface area contributed by atoms with Crippen molar-refractivity contribution in [2.75, 3.05) is 11.4 Å². The Hall–Kier alpha value is -0.960. The summed E-state index contributed by atoms with van der Waals surface area (Å²) < 4.78 is 22.4. The molecule has 2 rings (SSSR count). The third-order valence-electron chi connectivity index (χ3n) is 2.54. The Balaban J connectivity index is 2.36. The second-order valence-corrected chi connectivity index (χ2v) is 6.30. The van der Waals surface area contributed by atoms with Gasteiger partial charge in [-0.05, 0) is 0 Å². The number of anilines is 1. The van der Waals surface area contributed by atoms with Crippen LogP contribution in [0.25, 0.3) is 0 Å². The van der Waals surface area contributed by atoms with Gasteiger partial charge < -0.3 is 0 Å². The van der Waals surface area contributed by atoms with Crippen LogP contribution in [0.4, 0.5) is 5.82 Å². The van der Waals surface area contributed by atoms with E-state index in [1.54, 1.807) is 0 Å². The Morgan fingerprint density at radius 2 is 2.06 bits per heavy atom. The molecule has 1 saturated heterocycles. The number of carbonyl (C=O) groups excluding carboxylic acids is 1. The van der Waals surface area contributed by atoms with E-state index in [-0.39, 0.29) is 29.0 Å². The zero-order chi connectivity index (χ0) is 13.5. The molecule has 0 saturated carbocycles. The Morgan fingerprint density at radius 1 is 1.39 bits per heavy atom. The third kappa shape index (κ3) is 2.41. The number of rotatable bonds is 2. The summed E-state index contributed by atoms with van der Waals surface area (Å²) in [7, 11) is -3.78. The lowest BCUT2D eigenvalue weighted by Gasteiger charge is -2.16. The van der Waals surface area contributed by atoms with E-state index in [9.17, 15) is 13.2 Å².